The van der Waals surface area contributed by atoms with Crippen LogP contribution in [0.4, 0.5) is 5.69 Å². The second kappa shape index (κ2) is 5.79. The van der Waals surface area contributed by atoms with E-state index < -0.39 is 0 Å². The van der Waals surface area contributed by atoms with Gasteiger partial charge in [0.1, 0.15) is 0 Å². The number of hydrogen-bond donors (Lipinski definition) is 3. The van der Waals surface area contributed by atoms with E-state index >= 15 is 0 Å². The molecule has 1 heterocycles. The molecule has 0 spiro atoms. The molecule has 1 fully saturated rings. The highest BCUT2D eigenvalue weighted by Gasteiger charge is 2.26. The Hall–Kier alpha value is -1.27. The van der Waals surface area contributed by atoms with Crippen LogP contribution in [0.2, 0.25) is 0 Å². The maximum Gasteiger partial charge on any atom is 0.172 e. The molecule has 1 aromatic carbocycles. The van der Waals surface area contributed by atoms with Crippen LogP contribution in [-0.2, 0) is 0 Å². The molecule has 104 valence electrons. The summed E-state index contributed by atoms with van der Waals surface area (Å²) in [7, 11) is 0. The lowest BCUT2D eigenvalue weighted by Gasteiger charge is -2.36. The minimum atomic E-state index is -0.354. The van der Waals surface area contributed by atoms with Crippen LogP contribution in [0, 0.1) is 5.92 Å². The molecule has 0 bridgehead atoms. The average molecular weight is 328 g/mol. The van der Waals surface area contributed by atoms with Crippen molar-refractivity contribution >= 4 is 27.5 Å². The number of rotatable bonds is 2. The van der Waals surface area contributed by atoms with E-state index in [1.165, 1.54) is 0 Å². The van der Waals surface area contributed by atoms with Crippen LogP contribution in [0.3, 0.4) is 0 Å². The van der Waals surface area contributed by atoms with Crippen LogP contribution in [-0.4, -0.2) is 35.3 Å². The number of halogens is 1. The minimum absolute atomic E-state index is 0.0793. The first-order valence-corrected chi connectivity index (χ1v) is 7.02. The van der Waals surface area contributed by atoms with Crippen LogP contribution >= 0.6 is 15.9 Å². The van der Waals surface area contributed by atoms with E-state index in [-0.39, 0.29) is 11.9 Å². The zero-order chi connectivity index (χ0) is 14.0. The van der Waals surface area contributed by atoms with E-state index in [1.807, 2.05) is 19.1 Å². The van der Waals surface area contributed by atoms with Gasteiger partial charge in [-0.1, -0.05) is 28.0 Å². The van der Waals surface area contributed by atoms with E-state index in [1.54, 1.807) is 6.07 Å². The van der Waals surface area contributed by atoms with E-state index in [9.17, 15) is 5.11 Å². The summed E-state index contributed by atoms with van der Waals surface area (Å²) in [5.74, 6) is 0.381. The zero-order valence-corrected chi connectivity index (χ0v) is 12.3. The summed E-state index contributed by atoms with van der Waals surface area (Å²) in [6.45, 7) is 3.46. The number of aliphatic hydroxyl groups excluding tert-OH is 1. The zero-order valence-electron chi connectivity index (χ0n) is 10.8. The van der Waals surface area contributed by atoms with Gasteiger partial charge in [-0.3, -0.25) is 0 Å². The average Bonchev–Trinajstić information content (AvgIpc) is 2.41. The third kappa shape index (κ3) is 3.01. The SMILES string of the molecule is CC1CCN(c2cc(Br)ccc2/C(N)=N/O)CC1O. The summed E-state index contributed by atoms with van der Waals surface area (Å²) in [5, 5.41) is 21.9. The number of piperidine rings is 1. The molecule has 0 radical (unpaired) electrons. The summed E-state index contributed by atoms with van der Waals surface area (Å²) in [4.78, 5) is 2.07. The van der Waals surface area contributed by atoms with E-state index in [2.05, 4.69) is 26.0 Å². The molecule has 1 aromatic rings. The second-order valence-electron chi connectivity index (χ2n) is 4.93. The summed E-state index contributed by atoms with van der Waals surface area (Å²) in [5.41, 5.74) is 7.25. The molecule has 2 unspecified atom stereocenters. The molecule has 2 rings (SSSR count). The Bertz CT molecular complexity index is 493. The predicted octanol–water partition coefficient (Wildman–Crippen LogP) is 1.75. The van der Waals surface area contributed by atoms with Gasteiger partial charge in [0.15, 0.2) is 5.84 Å². The van der Waals surface area contributed by atoms with Crippen molar-refractivity contribution in [3.05, 3.63) is 28.2 Å². The molecule has 4 N–H and O–H groups in total. The molecule has 6 heteroatoms. The van der Waals surface area contributed by atoms with Crippen molar-refractivity contribution in [2.24, 2.45) is 16.8 Å². The Kier molecular flexibility index (Phi) is 4.31. The number of nitrogens with zero attached hydrogens (tertiary/aromatic N) is 2. The third-order valence-corrected chi connectivity index (χ3v) is 4.10. The van der Waals surface area contributed by atoms with Crippen molar-refractivity contribution in [1.82, 2.24) is 0 Å². The summed E-state index contributed by atoms with van der Waals surface area (Å²) in [6.07, 6.45) is 0.566. The molecule has 0 aromatic heterocycles. The van der Waals surface area contributed by atoms with Crippen molar-refractivity contribution in [1.29, 1.82) is 0 Å². The van der Waals surface area contributed by atoms with Gasteiger partial charge in [-0.2, -0.15) is 0 Å². The molecule has 0 aliphatic carbocycles. The molecule has 1 aliphatic rings. The van der Waals surface area contributed by atoms with Crippen LogP contribution in [0.1, 0.15) is 18.9 Å². The van der Waals surface area contributed by atoms with Gasteiger partial charge in [0.2, 0.25) is 0 Å². The maximum absolute atomic E-state index is 10.0. The fourth-order valence-corrected chi connectivity index (χ4v) is 2.65. The number of β-amino-alcohol motifs (C(OH)–C–C–N with tert-alkyl or cyclic N) is 1. The lowest BCUT2D eigenvalue weighted by Crippen LogP contribution is -2.43. The lowest BCUT2D eigenvalue weighted by atomic mass is 9.95. The largest absolute Gasteiger partial charge is 0.409 e. The highest BCUT2D eigenvalue weighted by atomic mass is 79.9. The van der Waals surface area contributed by atoms with Gasteiger partial charge < -0.3 is 20.9 Å². The van der Waals surface area contributed by atoms with E-state index in [4.69, 9.17) is 10.9 Å². The smallest absolute Gasteiger partial charge is 0.172 e. The van der Waals surface area contributed by atoms with Gasteiger partial charge in [-0.25, -0.2) is 0 Å². The predicted molar refractivity (Wildman–Crippen MR) is 78.7 cm³/mol. The molecule has 5 nitrogen and oxygen atoms in total. The van der Waals surface area contributed by atoms with E-state index in [0.29, 0.717) is 18.0 Å². The summed E-state index contributed by atoms with van der Waals surface area (Å²) < 4.78 is 0.921. The first-order chi connectivity index (χ1) is 9.02. The normalized spacial score (nSPS) is 24.6. The van der Waals surface area contributed by atoms with Gasteiger partial charge in [0.05, 0.1) is 6.10 Å². The van der Waals surface area contributed by atoms with Gasteiger partial charge >= 0.3 is 0 Å². The van der Waals surface area contributed by atoms with Crippen LogP contribution in [0.5, 0.6) is 0 Å². The first-order valence-electron chi connectivity index (χ1n) is 6.23. The number of amidine groups is 1. The molecule has 19 heavy (non-hydrogen) atoms. The number of hydrogen-bond acceptors (Lipinski definition) is 4. The molecule has 0 saturated carbocycles. The van der Waals surface area contributed by atoms with Crippen LogP contribution in [0.25, 0.3) is 0 Å². The number of aliphatic hydroxyl groups is 1. The molecule has 1 saturated heterocycles. The Morgan fingerprint density at radius 2 is 2.26 bits per heavy atom. The Labute approximate surface area is 120 Å². The van der Waals surface area contributed by atoms with Gasteiger partial charge in [0, 0.05) is 28.8 Å². The van der Waals surface area contributed by atoms with Gasteiger partial charge in [-0.05, 0) is 30.5 Å². The molecule has 1 aliphatic heterocycles. The summed E-state index contributed by atoms with van der Waals surface area (Å²) in [6, 6.07) is 5.58. The number of nitrogens with two attached hydrogens (primary N) is 1. The molecule has 2 atom stereocenters. The molecule has 0 amide bonds. The van der Waals surface area contributed by atoms with Gasteiger partial charge in [-0.15, -0.1) is 0 Å². The van der Waals surface area contributed by atoms with Gasteiger partial charge in [0.25, 0.3) is 0 Å². The maximum atomic E-state index is 10.0. The molecular formula is C13H18BrN3O2. The highest BCUT2D eigenvalue weighted by molar-refractivity contribution is 9.10. The quantitative estimate of drug-likeness (QED) is 0.334. The Morgan fingerprint density at radius 3 is 2.89 bits per heavy atom. The van der Waals surface area contributed by atoms with Crippen LogP contribution in [0.15, 0.2) is 27.8 Å². The highest BCUT2D eigenvalue weighted by Crippen LogP contribution is 2.29. The summed E-state index contributed by atoms with van der Waals surface area (Å²) >= 11 is 3.43. The number of anilines is 1. The third-order valence-electron chi connectivity index (χ3n) is 3.60. The van der Waals surface area contributed by atoms with Crippen molar-refractivity contribution in [2.45, 2.75) is 19.4 Å². The molecular weight excluding hydrogens is 310 g/mol. The minimum Gasteiger partial charge on any atom is -0.409 e. The standard InChI is InChI=1S/C13H18BrN3O2/c1-8-4-5-17(7-12(8)18)11-6-9(14)2-3-10(11)13(15)16-19/h2-3,6,8,12,18-19H,4-5,7H2,1H3,(H2,15,16). The fourth-order valence-electron chi connectivity index (χ4n) is 2.30. The van der Waals surface area contributed by atoms with Crippen molar-refractivity contribution < 1.29 is 10.3 Å². The Morgan fingerprint density at radius 1 is 1.53 bits per heavy atom. The van der Waals surface area contributed by atoms with Crippen molar-refractivity contribution in [3.63, 3.8) is 0 Å². The lowest BCUT2D eigenvalue weighted by molar-refractivity contribution is 0.103. The van der Waals surface area contributed by atoms with Crippen LogP contribution < -0.4 is 10.6 Å². The Balaban J connectivity index is 2.35. The first kappa shape index (κ1) is 14.1. The number of benzene rings is 1. The fraction of sp³-hybridized carbons (Fsp3) is 0.462. The monoisotopic (exact) mass is 327 g/mol. The number of oxime groups is 1. The van der Waals surface area contributed by atoms with Crippen molar-refractivity contribution in [3.8, 4) is 0 Å². The second-order valence-corrected chi connectivity index (χ2v) is 5.84. The van der Waals surface area contributed by atoms with E-state index in [0.717, 1.165) is 23.1 Å². The van der Waals surface area contributed by atoms with Crippen molar-refractivity contribution in [2.75, 3.05) is 18.0 Å². The topological polar surface area (TPSA) is 82.1 Å².